The van der Waals surface area contributed by atoms with Crippen LogP contribution in [-0.2, 0) is 54.2 Å². The van der Waals surface area contributed by atoms with Crippen molar-refractivity contribution in [1.82, 2.24) is 0 Å². The van der Waals surface area contributed by atoms with Crippen molar-refractivity contribution in [1.29, 1.82) is 0 Å². The zero-order chi connectivity index (χ0) is 9.83. The molecule has 0 aromatic carbocycles. The second-order valence-corrected chi connectivity index (χ2v) is 6.04. The summed E-state index contributed by atoms with van der Waals surface area (Å²) in [4.78, 5) is 33.5. The molecule has 12 N–H and O–H groups in total. The second kappa shape index (κ2) is 15.3. The Kier molecular flexibility index (Phi) is 32.5. The van der Waals surface area contributed by atoms with Crippen LogP contribution >= 0.6 is 15.2 Å². The summed E-state index contributed by atoms with van der Waals surface area (Å²) in [6, 6.07) is 0. The predicted octanol–water partition coefficient (Wildman–Crippen LogP) is -2.55. The fraction of sp³-hybridized carbons (Fsp3) is 1.00. The Morgan fingerprint density at radius 2 is 0.882 bits per heavy atom. The molecule has 0 saturated carbocycles. The molecule has 0 spiro atoms. The van der Waals surface area contributed by atoms with E-state index >= 15 is 0 Å². The third-order valence-corrected chi connectivity index (χ3v) is 2.95. The van der Waals surface area contributed by atoms with Gasteiger partial charge in [0.15, 0.2) is 0 Å². The largest absolute Gasteiger partial charge is 0.457 e. The molecule has 0 saturated heterocycles. The topological polar surface area (TPSA) is 213 Å². The van der Waals surface area contributed by atoms with E-state index in [1.54, 1.807) is 0 Å². The van der Waals surface area contributed by atoms with Crippen molar-refractivity contribution in [3.63, 3.8) is 0 Å². The predicted molar refractivity (Wildman–Crippen MR) is 56.4 cm³/mol. The van der Waals surface area contributed by atoms with Gasteiger partial charge in [0.05, 0.1) is 0 Å². The summed E-state index contributed by atoms with van der Waals surface area (Å²) >= 11 is 0. The molecule has 0 aromatic rings. The molecule has 13 heteroatoms. The molecule has 0 rings (SSSR count). The van der Waals surface area contributed by atoms with Crippen molar-refractivity contribution >= 4 is 15.2 Å². The standard InChI is InChI=1S/C4H12O6P2.2Cu.3H2O/c5-11(6,7)3-1-2-4-12(8,9)10;;;;;/h1-4H2,(H2,5,6,7)(H2,8,9,10);;;3*1H2/p+2. The van der Waals surface area contributed by atoms with Crippen molar-refractivity contribution in [3.05, 3.63) is 0 Å². The molecule has 0 aromatic heterocycles. The molecule has 0 unspecified atom stereocenters. The summed E-state index contributed by atoms with van der Waals surface area (Å²) in [6.45, 7) is 0. The SMILES string of the molecule is O.O=P(O)(O)CCCCP(=O)(O)O.[Cu].[Cu].[OH3+].[OH3+]. The smallest absolute Gasteiger partial charge is 0.325 e. The maximum atomic E-state index is 10.3. The summed E-state index contributed by atoms with van der Waals surface area (Å²) < 4.78 is 20.5. The van der Waals surface area contributed by atoms with E-state index in [4.69, 9.17) is 19.6 Å². The molecule has 0 heterocycles. The molecule has 2 radical (unpaired) electrons. The van der Waals surface area contributed by atoms with Crippen LogP contribution in [0.5, 0.6) is 0 Å². The number of rotatable bonds is 5. The van der Waals surface area contributed by atoms with Crippen LogP contribution in [0.15, 0.2) is 0 Å². The summed E-state index contributed by atoms with van der Waals surface area (Å²) in [5, 5.41) is 0. The second-order valence-electron chi connectivity index (χ2n) is 2.48. The molecule has 0 bridgehead atoms. The fourth-order valence-electron chi connectivity index (χ4n) is 0.636. The average Bonchev–Trinajstić information content (AvgIpc) is 1.76. The minimum atomic E-state index is -4.00. The van der Waals surface area contributed by atoms with Crippen molar-refractivity contribution < 1.29 is 79.3 Å². The van der Waals surface area contributed by atoms with Crippen molar-refractivity contribution in [3.8, 4) is 0 Å². The van der Waals surface area contributed by atoms with Crippen LogP contribution in [-0.4, -0.2) is 37.4 Å². The van der Waals surface area contributed by atoms with E-state index in [2.05, 4.69) is 0 Å². The van der Waals surface area contributed by atoms with E-state index in [-0.39, 0.29) is 75.7 Å². The summed E-state index contributed by atoms with van der Waals surface area (Å²) in [5.41, 5.74) is 0. The third kappa shape index (κ3) is 38.2. The zero-order valence-corrected chi connectivity index (χ0v) is 12.3. The Hall–Kier alpha value is 1.22. The molecule has 0 aliphatic carbocycles. The Morgan fingerprint density at radius 1 is 0.706 bits per heavy atom. The Morgan fingerprint density at radius 3 is 1.00 bits per heavy atom. The minimum absolute atomic E-state index is 0. The molecule has 17 heavy (non-hydrogen) atoms. The maximum absolute atomic E-state index is 10.3. The van der Waals surface area contributed by atoms with Gasteiger partial charge in [0.2, 0.25) is 0 Å². The van der Waals surface area contributed by atoms with E-state index < -0.39 is 15.2 Å². The van der Waals surface area contributed by atoms with Crippen LogP contribution in [0.2, 0.25) is 0 Å². The number of hydrogen-bond acceptors (Lipinski definition) is 2. The number of unbranched alkanes of at least 4 members (excludes halogenated alkanes) is 1. The van der Waals surface area contributed by atoms with Crippen LogP contribution in [0.3, 0.4) is 0 Å². The van der Waals surface area contributed by atoms with Crippen LogP contribution in [0, 0.1) is 0 Å². The molecule has 0 fully saturated rings. The van der Waals surface area contributed by atoms with Crippen molar-refractivity contribution in [2.45, 2.75) is 12.8 Å². The molecular weight excluding hydrogens is 381 g/mol. The van der Waals surface area contributed by atoms with Gasteiger partial charge in [-0.2, -0.15) is 0 Å². The Bertz CT molecular complexity index is 201. The molecule has 0 aliphatic heterocycles. The van der Waals surface area contributed by atoms with Crippen LogP contribution in [0.1, 0.15) is 12.8 Å². The minimum Gasteiger partial charge on any atom is -0.457 e. The van der Waals surface area contributed by atoms with Gasteiger partial charge in [-0.15, -0.1) is 0 Å². The first-order valence-corrected chi connectivity index (χ1v) is 6.89. The van der Waals surface area contributed by atoms with E-state index in [0.717, 1.165) is 0 Å². The van der Waals surface area contributed by atoms with Crippen LogP contribution < -0.4 is 0 Å². The van der Waals surface area contributed by atoms with Gasteiger partial charge in [0.25, 0.3) is 0 Å². The molecule has 9 nitrogen and oxygen atoms in total. The van der Waals surface area contributed by atoms with Gasteiger partial charge in [0.1, 0.15) is 0 Å². The third-order valence-electron chi connectivity index (χ3n) is 1.15. The number of hydrogen-bond donors (Lipinski definition) is 4. The monoisotopic (exact) mass is 400 g/mol. The van der Waals surface area contributed by atoms with Gasteiger partial charge in [0, 0.05) is 46.5 Å². The van der Waals surface area contributed by atoms with Gasteiger partial charge in [-0.3, -0.25) is 9.13 Å². The van der Waals surface area contributed by atoms with E-state index in [1.807, 2.05) is 0 Å². The van der Waals surface area contributed by atoms with E-state index in [9.17, 15) is 9.13 Å². The van der Waals surface area contributed by atoms with Crippen LogP contribution in [0.25, 0.3) is 0 Å². The molecular formula is C4H20Cu2O9P2+2. The first-order valence-electron chi connectivity index (χ1n) is 3.30. The van der Waals surface area contributed by atoms with Gasteiger partial charge < -0.3 is 36.0 Å². The summed E-state index contributed by atoms with van der Waals surface area (Å²) in [7, 11) is -8.00. The first-order chi connectivity index (χ1) is 5.21. The zero-order valence-electron chi connectivity index (χ0n) is 8.59. The van der Waals surface area contributed by atoms with Crippen molar-refractivity contribution in [2.75, 3.05) is 12.3 Å². The Balaban J connectivity index is -0.0000000605. The van der Waals surface area contributed by atoms with Crippen molar-refractivity contribution in [2.24, 2.45) is 0 Å². The average molecular weight is 401 g/mol. The van der Waals surface area contributed by atoms with E-state index in [0.29, 0.717) is 0 Å². The molecule has 0 aliphatic rings. The summed E-state index contributed by atoms with van der Waals surface area (Å²) in [5.74, 6) is 0. The van der Waals surface area contributed by atoms with Gasteiger partial charge in [-0.1, -0.05) is 0 Å². The summed E-state index contributed by atoms with van der Waals surface area (Å²) in [6.07, 6.45) is -0.356. The molecule has 120 valence electrons. The van der Waals surface area contributed by atoms with Gasteiger partial charge >= 0.3 is 15.2 Å². The van der Waals surface area contributed by atoms with E-state index in [1.165, 1.54) is 0 Å². The van der Waals surface area contributed by atoms with Gasteiger partial charge in [-0.25, -0.2) is 0 Å². The quantitative estimate of drug-likeness (QED) is 0.168. The van der Waals surface area contributed by atoms with Gasteiger partial charge in [-0.05, 0) is 12.8 Å². The molecule has 0 atom stereocenters. The molecule has 0 amide bonds. The first kappa shape index (κ1) is 36.2. The normalized spacial score (nSPS) is 9.41. The Labute approximate surface area is 120 Å². The maximum Gasteiger partial charge on any atom is 0.325 e. The van der Waals surface area contributed by atoms with Crippen LogP contribution in [0.4, 0.5) is 0 Å². The fourth-order valence-corrected chi connectivity index (χ4v) is 1.91.